The summed E-state index contributed by atoms with van der Waals surface area (Å²) >= 11 is 0. The van der Waals surface area contributed by atoms with E-state index in [1.165, 1.54) is 38.5 Å². The fraction of sp³-hybridized carbons (Fsp3) is 1.00. The zero-order valence-corrected chi connectivity index (χ0v) is 8.81. The van der Waals surface area contributed by atoms with E-state index in [9.17, 15) is 0 Å². The van der Waals surface area contributed by atoms with Gasteiger partial charge in [0.05, 0.1) is 6.61 Å². The first-order chi connectivity index (χ1) is 5.91. The predicted octanol–water partition coefficient (Wildman–Crippen LogP) is 3.86. The molecule has 0 amide bonds. The van der Waals surface area contributed by atoms with E-state index in [-0.39, 0.29) is 0 Å². The smallest absolute Gasteiger partial charge is 0.0791 e. The Kier molecular flexibility index (Phi) is 20.6. The second-order valence-electron chi connectivity index (χ2n) is 2.54. The van der Waals surface area contributed by atoms with Crippen molar-refractivity contribution in [3.63, 3.8) is 0 Å². The van der Waals surface area contributed by atoms with Crippen molar-refractivity contribution >= 4 is 0 Å². The monoisotopic (exact) mass is 176 g/mol. The third kappa shape index (κ3) is 16.5. The Balaban J connectivity index is 0. The number of hydrogen-bond acceptors (Lipinski definition) is 2. The van der Waals surface area contributed by atoms with Gasteiger partial charge in [0.2, 0.25) is 0 Å². The Morgan fingerprint density at radius 3 is 1.17 bits per heavy atom. The molecule has 0 aliphatic heterocycles. The highest BCUT2D eigenvalue weighted by Crippen LogP contribution is 2.15. The van der Waals surface area contributed by atoms with Gasteiger partial charge in [-0.2, -0.15) is 0 Å². The lowest BCUT2D eigenvalue weighted by atomic mass is 10.0. The van der Waals surface area contributed by atoms with E-state index in [0.717, 1.165) is 0 Å². The van der Waals surface area contributed by atoms with Gasteiger partial charge in [-0.25, -0.2) is 4.89 Å². The van der Waals surface area contributed by atoms with Crippen LogP contribution in [0.4, 0.5) is 0 Å². The molecule has 0 spiro atoms. The van der Waals surface area contributed by atoms with E-state index < -0.39 is 0 Å². The van der Waals surface area contributed by atoms with Gasteiger partial charge in [0.15, 0.2) is 0 Å². The van der Waals surface area contributed by atoms with E-state index >= 15 is 0 Å². The number of rotatable bonds is 1. The van der Waals surface area contributed by atoms with E-state index in [2.05, 4.69) is 4.89 Å². The third-order valence-electron chi connectivity index (χ3n) is 1.63. The Labute approximate surface area is 76.9 Å². The molecule has 2 heteroatoms. The van der Waals surface area contributed by atoms with Gasteiger partial charge in [0.25, 0.3) is 0 Å². The lowest BCUT2D eigenvalue weighted by Crippen LogP contribution is -1.85. The molecule has 0 heterocycles. The lowest BCUT2D eigenvalue weighted by Gasteiger charge is -2.05. The molecule has 0 unspecified atom stereocenters. The minimum absolute atomic E-state index is 0.375. The average Bonchev–Trinajstić information content (AvgIpc) is 2.24. The van der Waals surface area contributed by atoms with Crippen LogP contribution in [0.1, 0.15) is 59.3 Å². The van der Waals surface area contributed by atoms with Gasteiger partial charge in [-0.15, -0.1) is 0 Å². The molecule has 0 aromatic heterocycles. The maximum absolute atomic E-state index is 7.38. The van der Waals surface area contributed by atoms with Crippen molar-refractivity contribution in [2.24, 2.45) is 0 Å². The van der Waals surface area contributed by atoms with Gasteiger partial charge >= 0.3 is 0 Å². The molecule has 1 aliphatic rings. The fourth-order valence-electron chi connectivity index (χ4n) is 1.06. The highest BCUT2D eigenvalue weighted by molar-refractivity contribution is 4.51. The molecule has 1 N–H and O–H groups in total. The number of hydrogen-bond donors (Lipinski definition) is 1. The maximum atomic E-state index is 7.38. The van der Waals surface area contributed by atoms with Crippen LogP contribution in [-0.2, 0) is 4.89 Å². The normalized spacial score (nSPS) is 15.0. The molecule has 1 aliphatic carbocycles. The van der Waals surface area contributed by atoms with Crippen LogP contribution in [0.25, 0.3) is 0 Å². The van der Waals surface area contributed by atoms with E-state index in [4.69, 9.17) is 5.26 Å². The van der Waals surface area contributed by atoms with Crippen LogP contribution in [0, 0.1) is 0 Å². The summed E-state index contributed by atoms with van der Waals surface area (Å²) in [6.45, 7) is 6.08. The van der Waals surface area contributed by atoms with Crippen molar-refractivity contribution in [2.75, 3.05) is 6.61 Å². The van der Waals surface area contributed by atoms with Crippen LogP contribution in [0.3, 0.4) is 0 Å². The van der Waals surface area contributed by atoms with Gasteiger partial charge in [0.1, 0.15) is 0 Å². The van der Waals surface area contributed by atoms with Gasteiger partial charge < -0.3 is 0 Å². The molecule has 2 nitrogen and oxygen atoms in total. The zero-order valence-electron chi connectivity index (χ0n) is 8.81. The molecular weight excluding hydrogens is 152 g/mol. The second kappa shape index (κ2) is 17.1. The standard InChI is InChI=1S/C6H12.C2H6O2.C2H6/c1-2-4-6-5-3-1;1-2-4-3;1-2/h1-6H2;3H,2H2,1H3;1-2H3. The first kappa shape index (κ1) is 14.4. The maximum Gasteiger partial charge on any atom is 0.0791 e. The molecule has 0 aromatic carbocycles. The SMILES string of the molecule is C1CCCCC1.CC.CCOO. The molecule has 0 aromatic rings. The van der Waals surface area contributed by atoms with Crippen molar-refractivity contribution in [2.45, 2.75) is 59.3 Å². The predicted molar refractivity (Wildman–Crippen MR) is 53.3 cm³/mol. The summed E-state index contributed by atoms with van der Waals surface area (Å²) in [6.07, 6.45) is 9.00. The topological polar surface area (TPSA) is 29.5 Å². The summed E-state index contributed by atoms with van der Waals surface area (Å²) in [5.74, 6) is 0. The molecule has 0 radical (unpaired) electrons. The summed E-state index contributed by atoms with van der Waals surface area (Å²) in [5, 5.41) is 7.38. The van der Waals surface area contributed by atoms with E-state index in [0.29, 0.717) is 6.61 Å². The molecule has 0 saturated heterocycles. The molecule has 12 heavy (non-hydrogen) atoms. The first-order valence-electron chi connectivity index (χ1n) is 5.18. The third-order valence-corrected chi connectivity index (χ3v) is 1.63. The minimum Gasteiger partial charge on any atom is -0.252 e. The van der Waals surface area contributed by atoms with Crippen LogP contribution >= 0.6 is 0 Å². The fourth-order valence-corrected chi connectivity index (χ4v) is 1.06. The highest BCUT2D eigenvalue weighted by Gasteiger charge is 1.95. The summed E-state index contributed by atoms with van der Waals surface area (Å²) < 4.78 is 0. The van der Waals surface area contributed by atoms with Crippen molar-refractivity contribution in [1.29, 1.82) is 0 Å². The quantitative estimate of drug-likeness (QED) is 0.485. The molecule has 0 atom stereocenters. The van der Waals surface area contributed by atoms with Gasteiger partial charge in [-0.1, -0.05) is 52.4 Å². The molecule has 1 rings (SSSR count). The van der Waals surface area contributed by atoms with Crippen LogP contribution < -0.4 is 0 Å². The Morgan fingerprint density at radius 1 is 0.917 bits per heavy atom. The summed E-state index contributed by atoms with van der Waals surface area (Å²) in [4.78, 5) is 3.54. The molecule has 1 saturated carbocycles. The van der Waals surface area contributed by atoms with Crippen LogP contribution in [0.15, 0.2) is 0 Å². The van der Waals surface area contributed by atoms with Gasteiger partial charge in [-0.3, -0.25) is 5.26 Å². The van der Waals surface area contributed by atoms with Crippen molar-refractivity contribution < 1.29 is 10.1 Å². The van der Waals surface area contributed by atoms with Gasteiger partial charge in [0, 0.05) is 0 Å². The summed E-state index contributed by atoms with van der Waals surface area (Å²) in [7, 11) is 0. The summed E-state index contributed by atoms with van der Waals surface area (Å²) in [5.41, 5.74) is 0. The van der Waals surface area contributed by atoms with Gasteiger partial charge in [-0.05, 0) is 6.92 Å². The van der Waals surface area contributed by atoms with E-state index in [1.54, 1.807) is 6.92 Å². The largest absolute Gasteiger partial charge is 0.252 e. The Hall–Kier alpha value is -0.0800. The Morgan fingerprint density at radius 2 is 1.08 bits per heavy atom. The van der Waals surface area contributed by atoms with Crippen molar-refractivity contribution in [3.05, 3.63) is 0 Å². The summed E-state index contributed by atoms with van der Waals surface area (Å²) in [6, 6.07) is 0. The zero-order chi connectivity index (χ0) is 9.66. The average molecular weight is 176 g/mol. The second-order valence-corrected chi connectivity index (χ2v) is 2.54. The first-order valence-corrected chi connectivity index (χ1v) is 5.18. The molecule has 76 valence electrons. The molecule has 1 fully saturated rings. The van der Waals surface area contributed by atoms with Crippen LogP contribution in [-0.4, -0.2) is 11.9 Å². The Bertz CT molecular complexity index is 38.3. The lowest BCUT2D eigenvalue weighted by molar-refractivity contribution is -0.237. The van der Waals surface area contributed by atoms with E-state index in [1.807, 2.05) is 13.8 Å². The molecular formula is C10H24O2. The van der Waals surface area contributed by atoms with Crippen LogP contribution in [0.5, 0.6) is 0 Å². The van der Waals surface area contributed by atoms with Crippen LogP contribution in [0.2, 0.25) is 0 Å². The van der Waals surface area contributed by atoms with Crippen molar-refractivity contribution in [3.8, 4) is 0 Å². The molecule has 0 bridgehead atoms. The minimum atomic E-state index is 0.375. The van der Waals surface area contributed by atoms with Crippen molar-refractivity contribution in [1.82, 2.24) is 0 Å². The highest BCUT2D eigenvalue weighted by atomic mass is 17.1.